The van der Waals surface area contributed by atoms with Gasteiger partial charge in [0.1, 0.15) is 17.1 Å². The number of hydrogen-bond acceptors (Lipinski definition) is 6. The number of carbonyl (C=O) groups is 1. The highest BCUT2D eigenvalue weighted by Gasteiger charge is 2.39. The van der Waals surface area contributed by atoms with E-state index in [0.29, 0.717) is 21.9 Å². The number of halogens is 6. The molecular formula is C30H32F6N6O2. The third-order valence-electron chi connectivity index (χ3n) is 6.87. The fourth-order valence-corrected chi connectivity index (χ4v) is 4.83. The summed E-state index contributed by atoms with van der Waals surface area (Å²) in [7, 11) is 7.47. The van der Waals surface area contributed by atoms with Gasteiger partial charge in [-0.05, 0) is 58.4 Å². The van der Waals surface area contributed by atoms with Crippen LogP contribution >= 0.6 is 0 Å². The number of carbonyl (C=O) groups excluding carboxylic acids is 1. The van der Waals surface area contributed by atoms with Crippen molar-refractivity contribution < 1.29 is 35.9 Å². The van der Waals surface area contributed by atoms with E-state index in [9.17, 15) is 31.1 Å². The van der Waals surface area contributed by atoms with Crippen LogP contribution in [0.1, 0.15) is 27.2 Å². The number of alkyl halides is 3. The third kappa shape index (κ3) is 7.13. The molecule has 2 aromatic carbocycles. The summed E-state index contributed by atoms with van der Waals surface area (Å²) in [5.74, 6) is -3.37. The van der Waals surface area contributed by atoms with Gasteiger partial charge in [-0.25, -0.2) is 22.7 Å². The Balaban J connectivity index is 0.00000104. The summed E-state index contributed by atoms with van der Waals surface area (Å²) in [4.78, 5) is 23.0. The number of fused-ring (bicyclic) bond motifs is 1. The van der Waals surface area contributed by atoms with Crippen LogP contribution in [-0.4, -0.2) is 89.6 Å². The normalized spacial score (nSPS) is 14.1. The van der Waals surface area contributed by atoms with Crippen LogP contribution in [0.15, 0.2) is 42.6 Å². The van der Waals surface area contributed by atoms with Crippen molar-refractivity contribution in [3.05, 3.63) is 82.4 Å². The molecule has 0 spiro atoms. The minimum Gasteiger partial charge on any atom is -0.497 e. The summed E-state index contributed by atoms with van der Waals surface area (Å²) in [5.41, 5.74) is -1.24. The summed E-state index contributed by atoms with van der Waals surface area (Å²) < 4.78 is 89.5. The van der Waals surface area contributed by atoms with E-state index in [-0.39, 0.29) is 60.8 Å². The summed E-state index contributed by atoms with van der Waals surface area (Å²) in [5, 5.41) is 3.86. The van der Waals surface area contributed by atoms with Crippen molar-refractivity contribution in [2.24, 2.45) is 0 Å². The lowest BCUT2D eigenvalue weighted by Crippen LogP contribution is -2.48. The zero-order valence-electron chi connectivity index (χ0n) is 24.8. The Morgan fingerprint density at radius 2 is 1.61 bits per heavy atom. The van der Waals surface area contributed by atoms with E-state index in [0.717, 1.165) is 12.3 Å². The Hall–Kier alpha value is -4.17. The number of ether oxygens (including phenoxy) is 1. The SMILES string of the molecule is CN(C)C.COc1ccc(-c2nc3c(C(=O)N4CCN(Cc5cc(F)cc(F)c5F)CC4)cnn3c(C(F)(F)F)c2C)cc1. The Labute approximate surface area is 250 Å². The molecule has 0 unspecified atom stereocenters. The monoisotopic (exact) mass is 622 g/mol. The molecule has 236 valence electrons. The molecule has 3 heterocycles. The van der Waals surface area contributed by atoms with Crippen molar-refractivity contribution >= 4 is 11.6 Å². The lowest BCUT2D eigenvalue weighted by molar-refractivity contribution is -0.143. The third-order valence-corrected chi connectivity index (χ3v) is 6.87. The Morgan fingerprint density at radius 1 is 1.00 bits per heavy atom. The number of nitrogens with zero attached hydrogens (tertiary/aromatic N) is 6. The molecular weight excluding hydrogens is 590 g/mol. The lowest BCUT2D eigenvalue weighted by atomic mass is 10.0. The maximum absolute atomic E-state index is 14.2. The van der Waals surface area contributed by atoms with Gasteiger partial charge in [0, 0.05) is 55.5 Å². The molecule has 0 bridgehead atoms. The average molecular weight is 623 g/mol. The van der Waals surface area contributed by atoms with Gasteiger partial charge in [-0.2, -0.15) is 18.3 Å². The summed E-state index contributed by atoms with van der Waals surface area (Å²) in [6.45, 7) is 2.03. The molecule has 14 heteroatoms. The predicted octanol–water partition coefficient (Wildman–Crippen LogP) is 5.29. The molecule has 0 radical (unpaired) electrons. The molecule has 44 heavy (non-hydrogen) atoms. The van der Waals surface area contributed by atoms with E-state index in [2.05, 4.69) is 10.1 Å². The zero-order valence-corrected chi connectivity index (χ0v) is 24.8. The highest BCUT2D eigenvalue weighted by atomic mass is 19.4. The van der Waals surface area contributed by atoms with Gasteiger partial charge in [0.05, 0.1) is 19.0 Å². The minimum absolute atomic E-state index is 0.0474. The first-order valence-corrected chi connectivity index (χ1v) is 13.6. The fourth-order valence-electron chi connectivity index (χ4n) is 4.83. The molecule has 4 aromatic rings. The second-order valence-electron chi connectivity index (χ2n) is 10.7. The van der Waals surface area contributed by atoms with E-state index >= 15 is 0 Å². The zero-order chi connectivity index (χ0) is 32.3. The molecule has 2 aromatic heterocycles. The average Bonchev–Trinajstić information content (AvgIpc) is 3.37. The number of hydrogen-bond donors (Lipinski definition) is 0. The van der Waals surface area contributed by atoms with Gasteiger partial charge in [-0.3, -0.25) is 9.69 Å². The quantitative estimate of drug-likeness (QED) is 0.223. The first kappa shape index (κ1) is 32.7. The van der Waals surface area contributed by atoms with E-state index in [1.807, 2.05) is 26.0 Å². The maximum Gasteiger partial charge on any atom is 0.433 e. The number of rotatable bonds is 5. The van der Waals surface area contributed by atoms with E-state index < -0.39 is 35.2 Å². The van der Waals surface area contributed by atoms with Gasteiger partial charge in [-0.15, -0.1) is 0 Å². The first-order chi connectivity index (χ1) is 20.7. The number of aromatic nitrogens is 3. The molecule has 1 fully saturated rings. The van der Waals surface area contributed by atoms with Crippen LogP contribution in [-0.2, 0) is 12.7 Å². The van der Waals surface area contributed by atoms with Crippen LogP contribution in [0, 0.1) is 24.4 Å². The second-order valence-corrected chi connectivity index (χ2v) is 10.7. The van der Waals surface area contributed by atoms with Gasteiger partial charge >= 0.3 is 6.18 Å². The van der Waals surface area contributed by atoms with Crippen molar-refractivity contribution in [1.29, 1.82) is 0 Å². The van der Waals surface area contributed by atoms with Crippen LogP contribution in [0.3, 0.4) is 0 Å². The first-order valence-electron chi connectivity index (χ1n) is 13.6. The standard InChI is InChI=1S/C27H23F6N5O2.C3H9N/c1-15-23(16-3-5-19(40-2)6-4-16)35-25-20(13-34-38(25)24(15)27(31,32)33)26(39)37-9-7-36(8-10-37)14-17-11-18(28)12-21(29)22(17)30;1-4(2)3/h3-6,11-13H,7-10,14H2,1-2H3;1-3H3. The van der Waals surface area contributed by atoms with Crippen molar-refractivity contribution in [1.82, 2.24) is 29.3 Å². The minimum atomic E-state index is -4.78. The highest BCUT2D eigenvalue weighted by Crippen LogP contribution is 2.37. The topological polar surface area (TPSA) is 66.2 Å². The van der Waals surface area contributed by atoms with Gasteiger partial charge in [0.2, 0.25) is 0 Å². The smallest absolute Gasteiger partial charge is 0.433 e. The Bertz CT molecular complexity index is 1630. The number of amides is 1. The summed E-state index contributed by atoms with van der Waals surface area (Å²) in [6.07, 6.45) is -3.72. The number of piperazine rings is 1. The van der Waals surface area contributed by atoms with Crippen LogP contribution in [0.4, 0.5) is 26.3 Å². The lowest BCUT2D eigenvalue weighted by Gasteiger charge is -2.34. The van der Waals surface area contributed by atoms with Crippen LogP contribution < -0.4 is 4.74 Å². The molecule has 0 aliphatic carbocycles. The van der Waals surface area contributed by atoms with Gasteiger partial charge in [0.25, 0.3) is 5.91 Å². The van der Waals surface area contributed by atoms with E-state index in [1.165, 1.54) is 18.9 Å². The molecule has 1 amide bonds. The number of methoxy groups -OCH3 is 1. The Kier molecular flexibility index (Phi) is 9.84. The predicted molar refractivity (Wildman–Crippen MR) is 152 cm³/mol. The van der Waals surface area contributed by atoms with E-state index in [4.69, 9.17) is 4.74 Å². The maximum atomic E-state index is 14.2. The largest absolute Gasteiger partial charge is 0.497 e. The van der Waals surface area contributed by atoms with Crippen molar-refractivity contribution in [2.75, 3.05) is 54.4 Å². The van der Waals surface area contributed by atoms with Crippen molar-refractivity contribution in [3.63, 3.8) is 0 Å². The number of benzene rings is 2. The van der Waals surface area contributed by atoms with Crippen molar-refractivity contribution in [3.8, 4) is 17.0 Å². The van der Waals surface area contributed by atoms with E-state index in [1.54, 1.807) is 29.2 Å². The summed E-state index contributed by atoms with van der Waals surface area (Å²) >= 11 is 0. The van der Waals surface area contributed by atoms with Crippen LogP contribution in [0.25, 0.3) is 16.9 Å². The molecule has 5 rings (SSSR count). The molecule has 0 N–H and O–H groups in total. The molecule has 1 saturated heterocycles. The Morgan fingerprint density at radius 3 is 2.18 bits per heavy atom. The van der Waals surface area contributed by atoms with Gasteiger partial charge < -0.3 is 14.5 Å². The summed E-state index contributed by atoms with van der Waals surface area (Å²) in [6, 6.07) is 7.73. The molecule has 0 atom stereocenters. The highest BCUT2D eigenvalue weighted by molar-refractivity contribution is 6.00. The molecule has 1 aliphatic rings. The molecule has 1 aliphatic heterocycles. The fraction of sp³-hybridized carbons (Fsp3) is 0.367. The van der Waals surface area contributed by atoms with Crippen LogP contribution in [0.5, 0.6) is 5.75 Å². The molecule has 0 saturated carbocycles. The van der Waals surface area contributed by atoms with Gasteiger partial charge in [0.15, 0.2) is 23.0 Å². The van der Waals surface area contributed by atoms with Crippen LogP contribution in [0.2, 0.25) is 0 Å². The van der Waals surface area contributed by atoms with Crippen molar-refractivity contribution in [2.45, 2.75) is 19.6 Å². The molecule has 8 nitrogen and oxygen atoms in total. The van der Waals surface area contributed by atoms with Gasteiger partial charge in [-0.1, -0.05) is 0 Å². The second kappa shape index (κ2) is 13.2.